The molecule has 0 radical (unpaired) electrons. The lowest BCUT2D eigenvalue weighted by Gasteiger charge is -2.44. The summed E-state index contributed by atoms with van der Waals surface area (Å²) < 4.78 is 47.3. The number of esters is 1. The van der Waals surface area contributed by atoms with Gasteiger partial charge < -0.3 is 24.4 Å². The second-order valence-electron chi connectivity index (χ2n) is 13.4. The predicted molar refractivity (Wildman–Crippen MR) is 203 cm³/mol. The Morgan fingerprint density at radius 1 is 0.926 bits per heavy atom. The number of amides is 1. The zero-order valence-corrected chi connectivity index (χ0v) is 32.5. The SMILES string of the molecule is COc1ccc([C@H](Cc2c(Cl)c[nH+]cc2Cl)OC(=O)c2ccc(CN(C(=O)O[C@H]3CN4CCC3CC4)c3cccc(CS(C)(=O)=O)c3)cc2)cc1OC.[OH-]. The molecule has 54 heavy (non-hydrogen) atoms. The number of piperidine rings is 3. The van der Waals surface area contributed by atoms with Gasteiger partial charge in [-0.05, 0) is 84.9 Å². The van der Waals surface area contributed by atoms with E-state index in [0.717, 1.165) is 31.5 Å². The van der Waals surface area contributed by atoms with Gasteiger partial charge in [0.25, 0.3) is 0 Å². The molecule has 15 heteroatoms. The molecule has 3 aliphatic rings. The number of fused-ring (bicyclic) bond motifs is 3. The first-order chi connectivity index (χ1) is 25.4. The van der Waals surface area contributed by atoms with Crippen molar-refractivity contribution >= 4 is 50.8 Å². The molecule has 3 saturated heterocycles. The van der Waals surface area contributed by atoms with Crippen molar-refractivity contribution < 1.29 is 47.4 Å². The summed E-state index contributed by atoms with van der Waals surface area (Å²) in [4.78, 5) is 34.2. The Kier molecular flexibility index (Phi) is 13.5. The fourth-order valence-electron chi connectivity index (χ4n) is 6.88. The van der Waals surface area contributed by atoms with Crippen molar-refractivity contribution in [3.05, 3.63) is 117 Å². The second-order valence-corrected chi connectivity index (χ2v) is 16.4. The maximum absolute atomic E-state index is 13.9. The van der Waals surface area contributed by atoms with Crippen LogP contribution in [0.25, 0.3) is 0 Å². The van der Waals surface area contributed by atoms with Crippen molar-refractivity contribution in [2.24, 2.45) is 5.92 Å². The molecule has 4 aromatic rings. The van der Waals surface area contributed by atoms with Gasteiger partial charge in [0.05, 0.1) is 32.1 Å². The molecule has 0 unspecified atom stereocenters. The molecule has 0 aliphatic carbocycles. The summed E-state index contributed by atoms with van der Waals surface area (Å²) in [5.41, 5.74) is 3.31. The van der Waals surface area contributed by atoms with E-state index in [2.05, 4.69) is 9.88 Å². The van der Waals surface area contributed by atoms with Gasteiger partial charge in [0.1, 0.15) is 22.3 Å². The van der Waals surface area contributed by atoms with E-state index >= 15 is 0 Å². The average molecular weight is 801 g/mol. The highest BCUT2D eigenvalue weighted by molar-refractivity contribution is 7.89. The molecule has 3 fully saturated rings. The van der Waals surface area contributed by atoms with Crippen LogP contribution in [0.5, 0.6) is 11.5 Å². The number of halogens is 2. The minimum absolute atomic E-state index is 0. The van der Waals surface area contributed by atoms with Gasteiger partial charge in [-0.15, -0.1) is 0 Å². The van der Waals surface area contributed by atoms with Gasteiger partial charge >= 0.3 is 12.1 Å². The van der Waals surface area contributed by atoms with Crippen molar-refractivity contribution in [3.8, 4) is 11.5 Å². The second kappa shape index (κ2) is 17.8. The number of benzene rings is 3. The molecule has 0 spiro atoms. The number of hydrogen-bond acceptors (Lipinski definition) is 10. The standard InChI is InChI=1S/C39H41Cl2N3O8S.H2O/c1-49-34-12-11-29(18-36(34)50-2)35(19-31-32(40)20-42-21-33(31)41)51-38(45)28-9-7-25(8-10-28)22-44(30-6-4-5-26(17-30)24-53(3,47)48)39(46)52-37-23-43-15-13-27(37)14-16-43;/h4-12,17-18,20-21,27,35,37H,13-16,19,22-24H2,1-3H3;1H2/t35-,37-;/m0./s1. The van der Waals surface area contributed by atoms with E-state index in [1.807, 2.05) is 0 Å². The third kappa shape index (κ3) is 10.0. The molecule has 1 amide bonds. The summed E-state index contributed by atoms with van der Waals surface area (Å²) in [6, 6.07) is 18.9. The minimum Gasteiger partial charge on any atom is -0.870 e. The maximum atomic E-state index is 13.9. The number of ether oxygens (including phenoxy) is 4. The fourth-order valence-corrected chi connectivity index (χ4v) is 8.20. The van der Waals surface area contributed by atoms with Gasteiger partial charge in [-0.1, -0.05) is 53.5 Å². The molecule has 3 aromatic carbocycles. The number of H-pyrrole nitrogens is 1. The van der Waals surface area contributed by atoms with Gasteiger partial charge in [-0.2, -0.15) is 0 Å². The number of aromatic amines is 1. The van der Waals surface area contributed by atoms with E-state index in [4.69, 9.17) is 42.1 Å². The Morgan fingerprint density at radius 2 is 1.61 bits per heavy atom. The lowest BCUT2D eigenvalue weighted by atomic mass is 9.86. The van der Waals surface area contributed by atoms with Crippen molar-refractivity contribution in [2.75, 3.05) is 45.0 Å². The molecule has 2 bridgehead atoms. The van der Waals surface area contributed by atoms with Crippen LogP contribution in [-0.2, 0) is 38.0 Å². The number of rotatable bonds is 13. The van der Waals surface area contributed by atoms with E-state index in [0.29, 0.717) is 56.4 Å². The van der Waals surface area contributed by atoms with Crippen molar-refractivity contribution in [2.45, 2.75) is 43.8 Å². The zero-order chi connectivity index (χ0) is 37.7. The number of methoxy groups -OCH3 is 2. The highest BCUT2D eigenvalue weighted by Gasteiger charge is 2.37. The molecule has 2 atom stereocenters. The van der Waals surface area contributed by atoms with Crippen LogP contribution < -0.4 is 19.4 Å². The number of sulfone groups is 1. The minimum atomic E-state index is -3.31. The molecule has 7 rings (SSSR count). The summed E-state index contributed by atoms with van der Waals surface area (Å²) in [5, 5.41) is 0.781. The van der Waals surface area contributed by atoms with Crippen molar-refractivity contribution in [3.63, 3.8) is 0 Å². The summed E-state index contributed by atoms with van der Waals surface area (Å²) in [7, 11) is -0.245. The van der Waals surface area contributed by atoms with Crippen LogP contribution in [0.4, 0.5) is 10.5 Å². The van der Waals surface area contributed by atoms with Gasteiger partial charge in [0.15, 0.2) is 33.7 Å². The number of aromatic nitrogens is 1. The molecule has 0 saturated carbocycles. The third-order valence-corrected chi connectivity index (χ3v) is 11.2. The van der Waals surface area contributed by atoms with Crippen LogP contribution in [0.15, 0.2) is 79.1 Å². The largest absolute Gasteiger partial charge is 0.870 e. The molecule has 12 nitrogen and oxygen atoms in total. The smallest absolute Gasteiger partial charge is 0.414 e. The number of carbonyl (C=O) groups is 2. The molecule has 4 heterocycles. The van der Waals surface area contributed by atoms with Crippen LogP contribution in [0.1, 0.15) is 51.6 Å². The average Bonchev–Trinajstić information content (AvgIpc) is 3.14. The van der Waals surface area contributed by atoms with Crippen molar-refractivity contribution in [1.29, 1.82) is 0 Å². The molecule has 1 aromatic heterocycles. The summed E-state index contributed by atoms with van der Waals surface area (Å²) in [5.74, 6) is 0.547. The lowest BCUT2D eigenvalue weighted by molar-refractivity contribution is -0.377. The van der Waals surface area contributed by atoms with E-state index in [-0.39, 0.29) is 35.9 Å². The van der Waals surface area contributed by atoms with Crippen LogP contribution in [0, 0.1) is 5.92 Å². The monoisotopic (exact) mass is 799 g/mol. The van der Waals surface area contributed by atoms with Crippen LogP contribution in [-0.4, -0.2) is 77.1 Å². The van der Waals surface area contributed by atoms with Crippen LogP contribution in [0.2, 0.25) is 10.0 Å². The van der Waals surface area contributed by atoms with Crippen LogP contribution in [0.3, 0.4) is 0 Å². The van der Waals surface area contributed by atoms with Crippen LogP contribution >= 0.6 is 23.2 Å². The first kappa shape index (κ1) is 40.8. The maximum Gasteiger partial charge on any atom is 0.414 e. The Labute approximate surface area is 325 Å². The topological polar surface area (TPSA) is 156 Å². The lowest BCUT2D eigenvalue weighted by Crippen LogP contribution is -2.53. The number of anilines is 1. The Balaban J connectivity index is 0.00000561. The Bertz CT molecular complexity index is 2040. The van der Waals surface area contributed by atoms with E-state index in [1.165, 1.54) is 25.4 Å². The summed E-state index contributed by atoms with van der Waals surface area (Å²) in [6.07, 6.45) is 4.99. The van der Waals surface area contributed by atoms with Crippen molar-refractivity contribution in [1.82, 2.24) is 4.90 Å². The molecule has 288 valence electrons. The molecule has 2 N–H and O–H groups in total. The number of nitrogens with one attached hydrogen (secondary N) is 1. The first-order valence-electron chi connectivity index (χ1n) is 17.2. The number of pyridine rings is 1. The Hall–Kier alpha value is -4.40. The van der Waals surface area contributed by atoms with Gasteiger partial charge in [-0.3, -0.25) is 9.80 Å². The van der Waals surface area contributed by atoms with E-state index in [9.17, 15) is 18.0 Å². The highest BCUT2D eigenvalue weighted by atomic mass is 35.5. The third-order valence-electron chi connectivity index (χ3n) is 9.67. The molecule has 3 aliphatic heterocycles. The zero-order valence-electron chi connectivity index (χ0n) is 30.2. The van der Waals surface area contributed by atoms with Gasteiger partial charge in [0, 0.05) is 30.5 Å². The van der Waals surface area contributed by atoms with Gasteiger partial charge in [-0.25, -0.2) is 23.0 Å². The van der Waals surface area contributed by atoms with E-state index < -0.39 is 28.0 Å². The number of nitrogens with zero attached hydrogens (tertiary/aromatic N) is 2. The highest BCUT2D eigenvalue weighted by Crippen LogP contribution is 2.36. The summed E-state index contributed by atoms with van der Waals surface area (Å²) in [6.45, 7) is 2.83. The number of carbonyl (C=O) groups excluding carboxylic acids is 2. The predicted octanol–water partition coefficient (Wildman–Crippen LogP) is 6.57. The van der Waals surface area contributed by atoms with Gasteiger partial charge in [0.2, 0.25) is 0 Å². The van der Waals surface area contributed by atoms with E-state index in [1.54, 1.807) is 79.1 Å². The quantitative estimate of drug-likeness (QED) is 0.136. The fraction of sp³-hybridized carbons (Fsp3) is 0.359. The summed E-state index contributed by atoms with van der Waals surface area (Å²) >= 11 is 13.0. The number of hydrogen-bond donors (Lipinski definition) is 0. The first-order valence-corrected chi connectivity index (χ1v) is 20.1. The molecular weight excluding hydrogens is 757 g/mol. The Morgan fingerprint density at radius 3 is 2.22 bits per heavy atom. The normalized spacial score (nSPS) is 18.2. The molecular formula is C39H43Cl2N3O9S.